The van der Waals surface area contributed by atoms with Crippen molar-refractivity contribution < 1.29 is 19.4 Å². The molecule has 0 fully saturated rings. The predicted molar refractivity (Wildman–Crippen MR) is 62.1 cm³/mol. The van der Waals surface area contributed by atoms with Gasteiger partial charge in [-0.15, -0.1) is 0 Å². The third kappa shape index (κ3) is 2.00. The molecule has 0 radical (unpaired) electrons. The van der Waals surface area contributed by atoms with E-state index in [-0.39, 0.29) is 0 Å². The largest absolute Gasteiger partial charge is 0.493 e. The Morgan fingerprint density at radius 3 is 3.00 bits per heavy atom. The molecule has 4 nitrogen and oxygen atoms in total. The average molecular weight is 236 g/mol. The van der Waals surface area contributed by atoms with Crippen LogP contribution in [0, 0.1) is 0 Å². The van der Waals surface area contributed by atoms with Crippen LogP contribution in [-0.2, 0) is 15.1 Å². The monoisotopic (exact) mass is 236 g/mol. The molecule has 17 heavy (non-hydrogen) atoms. The van der Waals surface area contributed by atoms with Crippen LogP contribution in [-0.4, -0.2) is 24.3 Å². The van der Waals surface area contributed by atoms with Crippen molar-refractivity contribution >= 4 is 5.97 Å². The van der Waals surface area contributed by atoms with E-state index in [2.05, 4.69) is 0 Å². The predicted octanol–water partition coefficient (Wildman–Crippen LogP) is 2.18. The number of carbonyl (C=O) groups is 1. The third-order valence-electron chi connectivity index (χ3n) is 2.93. The van der Waals surface area contributed by atoms with Crippen molar-refractivity contribution in [3.63, 3.8) is 0 Å². The van der Waals surface area contributed by atoms with Crippen molar-refractivity contribution in [1.29, 1.82) is 0 Å². The number of fused-ring (bicyclic) bond motifs is 1. The van der Waals surface area contributed by atoms with E-state index in [0.29, 0.717) is 30.9 Å². The maximum Gasteiger partial charge on any atom is 0.340 e. The van der Waals surface area contributed by atoms with E-state index in [0.717, 1.165) is 6.42 Å². The molecule has 4 heteroatoms. The lowest BCUT2D eigenvalue weighted by atomic mass is 9.88. The molecule has 1 aliphatic heterocycles. The highest BCUT2D eigenvalue weighted by molar-refractivity contribution is 5.81. The van der Waals surface area contributed by atoms with Gasteiger partial charge in [-0.3, -0.25) is 0 Å². The van der Waals surface area contributed by atoms with E-state index in [1.807, 2.05) is 13.0 Å². The molecule has 0 amide bonds. The zero-order valence-corrected chi connectivity index (χ0v) is 9.81. The maximum absolute atomic E-state index is 11.6. The first-order valence-corrected chi connectivity index (χ1v) is 5.80. The normalized spacial score (nSPS) is 22.6. The molecule has 1 aromatic carbocycles. The molecule has 0 aliphatic carbocycles. The molecule has 1 heterocycles. The van der Waals surface area contributed by atoms with Crippen LogP contribution in [0.2, 0.25) is 0 Å². The van der Waals surface area contributed by atoms with Crippen LogP contribution in [0.3, 0.4) is 0 Å². The van der Waals surface area contributed by atoms with Crippen molar-refractivity contribution in [3.05, 3.63) is 29.8 Å². The summed E-state index contributed by atoms with van der Waals surface area (Å²) in [4.78, 5) is 11.6. The van der Waals surface area contributed by atoms with Gasteiger partial charge in [0.25, 0.3) is 0 Å². The first-order chi connectivity index (χ1) is 8.20. The van der Waals surface area contributed by atoms with E-state index in [1.165, 1.54) is 0 Å². The average Bonchev–Trinajstić information content (AvgIpc) is 2.36. The van der Waals surface area contributed by atoms with Crippen molar-refractivity contribution in [3.8, 4) is 5.75 Å². The summed E-state index contributed by atoms with van der Waals surface area (Å²) in [6.45, 7) is 2.76. The summed E-state index contributed by atoms with van der Waals surface area (Å²) in [6.07, 6.45) is 1.14. The van der Waals surface area contributed by atoms with Crippen molar-refractivity contribution in [2.45, 2.75) is 25.4 Å². The summed E-state index contributed by atoms with van der Waals surface area (Å²) in [7, 11) is 0. The molecule has 1 aromatic rings. The van der Waals surface area contributed by atoms with Crippen LogP contribution in [0.4, 0.5) is 0 Å². The van der Waals surface area contributed by atoms with Crippen molar-refractivity contribution in [2.24, 2.45) is 0 Å². The number of hydrogen-bond donors (Lipinski definition) is 1. The molecule has 0 saturated heterocycles. The molecule has 0 aromatic heterocycles. The molecule has 1 aliphatic rings. The van der Waals surface area contributed by atoms with Crippen LogP contribution in [0.5, 0.6) is 5.75 Å². The second-order valence-corrected chi connectivity index (χ2v) is 4.08. The fourth-order valence-corrected chi connectivity index (χ4v) is 2.08. The topological polar surface area (TPSA) is 55.8 Å². The van der Waals surface area contributed by atoms with Crippen LogP contribution in [0.1, 0.15) is 25.3 Å². The van der Waals surface area contributed by atoms with Gasteiger partial charge in [0, 0.05) is 18.6 Å². The van der Waals surface area contributed by atoms with E-state index in [1.54, 1.807) is 18.2 Å². The lowest BCUT2D eigenvalue weighted by Gasteiger charge is -2.35. The van der Waals surface area contributed by atoms with Gasteiger partial charge >= 0.3 is 5.97 Å². The molecular formula is C13H16O4. The molecule has 0 bridgehead atoms. The first-order valence-electron chi connectivity index (χ1n) is 5.80. The van der Waals surface area contributed by atoms with Gasteiger partial charge in [0.15, 0.2) is 5.60 Å². The summed E-state index contributed by atoms with van der Waals surface area (Å²) in [6, 6.07) is 7.18. The van der Waals surface area contributed by atoms with Gasteiger partial charge in [-0.2, -0.15) is 0 Å². The molecule has 1 atom stereocenters. The van der Waals surface area contributed by atoms with Crippen molar-refractivity contribution in [2.75, 3.05) is 13.2 Å². The highest BCUT2D eigenvalue weighted by atomic mass is 16.5. The standard InChI is InChI=1S/C13H16O4/c1-2-8-17-13(12(14)15)7-9-16-11-6-4-3-5-10(11)13/h3-6H,2,7-9H2,1H3,(H,14,15). The highest BCUT2D eigenvalue weighted by Gasteiger charge is 2.45. The number of carboxylic acid groups (broad SMARTS) is 1. The lowest BCUT2D eigenvalue weighted by Crippen LogP contribution is -2.43. The van der Waals surface area contributed by atoms with E-state index in [4.69, 9.17) is 9.47 Å². The number of rotatable bonds is 4. The molecule has 92 valence electrons. The second-order valence-electron chi connectivity index (χ2n) is 4.08. The molecule has 2 rings (SSSR count). The fraction of sp³-hybridized carbons (Fsp3) is 0.462. The fourth-order valence-electron chi connectivity index (χ4n) is 2.08. The molecule has 1 N–H and O–H groups in total. The van der Waals surface area contributed by atoms with Gasteiger partial charge in [0.05, 0.1) is 6.61 Å². The summed E-state index contributed by atoms with van der Waals surface area (Å²) in [5.41, 5.74) is -0.627. The minimum absolute atomic E-state index is 0.347. The van der Waals surface area contributed by atoms with Crippen molar-refractivity contribution in [1.82, 2.24) is 0 Å². The van der Waals surface area contributed by atoms with E-state index >= 15 is 0 Å². The number of hydrogen-bond acceptors (Lipinski definition) is 3. The van der Waals surface area contributed by atoms with Crippen LogP contribution in [0.25, 0.3) is 0 Å². The second kappa shape index (κ2) is 4.75. The lowest BCUT2D eigenvalue weighted by molar-refractivity contribution is -0.172. The van der Waals surface area contributed by atoms with Crippen LogP contribution >= 0.6 is 0 Å². The number of ether oxygens (including phenoxy) is 2. The summed E-state index contributed by atoms with van der Waals surface area (Å²) in [5, 5.41) is 9.48. The Morgan fingerprint density at radius 1 is 1.53 bits per heavy atom. The number of aliphatic carboxylic acids is 1. The Labute approximate surface area is 100 Å². The minimum atomic E-state index is -1.25. The summed E-state index contributed by atoms with van der Waals surface area (Å²) in [5.74, 6) is -0.334. The quantitative estimate of drug-likeness (QED) is 0.870. The van der Waals surface area contributed by atoms with Gasteiger partial charge in [-0.05, 0) is 12.5 Å². The Balaban J connectivity index is 2.43. The molecule has 1 unspecified atom stereocenters. The third-order valence-corrected chi connectivity index (χ3v) is 2.93. The Kier molecular flexibility index (Phi) is 3.33. The highest BCUT2D eigenvalue weighted by Crippen LogP contribution is 2.40. The maximum atomic E-state index is 11.6. The van der Waals surface area contributed by atoms with Crippen LogP contribution in [0.15, 0.2) is 24.3 Å². The van der Waals surface area contributed by atoms with E-state index in [9.17, 15) is 9.90 Å². The van der Waals surface area contributed by atoms with E-state index < -0.39 is 11.6 Å². The van der Waals surface area contributed by atoms with Gasteiger partial charge in [0.1, 0.15) is 5.75 Å². The van der Waals surface area contributed by atoms with Crippen LogP contribution < -0.4 is 4.74 Å². The Hall–Kier alpha value is -1.55. The summed E-state index contributed by atoms with van der Waals surface area (Å²) >= 11 is 0. The minimum Gasteiger partial charge on any atom is -0.493 e. The Morgan fingerprint density at radius 2 is 2.29 bits per heavy atom. The zero-order chi connectivity index (χ0) is 12.3. The SMILES string of the molecule is CCCOC1(C(=O)O)CCOc2ccccc21. The number of benzene rings is 1. The Bertz CT molecular complexity index is 416. The van der Waals surface area contributed by atoms with Gasteiger partial charge in [0.2, 0.25) is 0 Å². The number of carboxylic acids is 1. The molecular weight excluding hydrogens is 220 g/mol. The molecule has 0 saturated carbocycles. The smallest absolute Gasteiger partial charge is 0.340 e. The first kappa shape index (κ1) is 11.9. The summed E-state index contributed by atoms with van der Waals surface area (Å²) < 4.78 is 11.1. The van der Waals surface area contributed by atoms with Gasteiger partial charge < -0.3 is 14.6 Å². The molecule has 0 spiro atoms. The number of para-hydroxylation sites is 1. The zero-order valence-electron chi connectivity index (χ0n) is 9.81. The van der Waals surface area contributed by atoms with Gasteiger partial charge in [-0.1, -0.05) is 25.1 Å². The van der Waals surface area contributed by atoms with Gasteiger partial charge in [-0.25, -0.2) is 4.79 Å².